The molecule has 7 heteroatoms. The third-order valence-corrected chi connectivity index (χ3v) is 4.26. The van der Waals surface area contributed by atoms with Gasteiger partial charge < -0.3 is 9.88 Å². The molecule has 0 spiro atoms. The highest BCUT2D eigenvalue weighted by atomic mass is 32.2. The van der Waals surface area contributed by atoms with E-state index >= 15 is 0 Å². The molecule has 0 aliphatic heterocycles. The first-order valence-electron chi connectivity index (χ1n) is 6.89. The van der Waals surface area contributed by atoms with Crippen LogP contribution >= 0.6 is 11.8 Å². The predicted octanol–water partition coefficient (Wildman–Crippen LogP) is 1.70. The van der Waals surface area contributed by atoms with Crippen LogP contribution in [0.15, 0.2) is 23.6 Å². The van der Waals surface area contributed by atoms with Crippen molar-refractivity contribution in [1.82, 2.24) is 24.6 Å². The highest BCUT2D eigenvalue weighted by Crippen LogP contribution is 2.14. The zero-order valence-electron chi connectivity index (χ0n) is 12.8. The Hall–Kier alpha value is -1.76. The SMILES string of the molecule is Cc1cc(C)n([C@@H](C)C(=O)NCCSc2nccn2C)n1. The van der Waals surface area contributed by atoms with Crippen LogP contribution in [-0.4, -0.2) is 37.5 Å². The van der Waals surface area contributed by atoms with Crippen molar-refractivity contribution in [2.45, 2.75) is 32.0 Å². The summed E-state index contributed by atoms with van der Waals surface area (Å²) in [6.07, 6.45) is 3.68. The van der Waals surface area contributed by atoms with E-state index in [0.717, 1.165) is 22.3 Å². The molecule has 1 N–H and O–H groups in total. The van der Waals surface area contributed by atoms with Gasteiger partial charge in [0, 0.05) is 37.4 Å². The van der Waals surface area contributed by atoms with Gasteiger partial charge in [0.1, 0.15) is 6.04 Å². The van der Waals surface area contributed by atoms with Gasteiger partial charge in [-0.25, -0.2) is 4.98 Å². The van der Waals surface area contributed by atoms with Crippen LogP contribution in [0.25, 0.3) is 0 Å². The molecule has 2 aromatic rings. The molecule has 1 amide bonds. The molecule has 0 saturated heterocycles. The van der Waals surface area contributed by atoms with Gasteiger partial charge in [-0.05, 0) is 26.8 Å². The first-order valence-corrected chi connectivity index (χ1v) is 7.88. The van der Waals surface area contributed by atoms with E-state index in [1.807, 2.05) is 44.6 Å². The topological polar surface area (TPSA) is 64.7 Å². The first-order chi connectivity index (χ1) is 9.99. The van der Waals surface area contributed by atoms with Crippen LogP contribution in [0.3, 0.4) is 0 Å². The molecule has 0 bridgehead atoms. The average Bonchev–Trinajstić information content (AvgIpc) is 2.99. The zero-order valence-corrected chi connectivity index (χ0v) is 13.6. The Balaban J connectivity index is 1.79. The minimum absolute atomic E-state index is 0.0124. The zero-order chi connectivity index (χ0) is 15.4. The number of aryl methyl sites for hydroxylation is 3. The lowest BCUT2D eigenvalue weighted by Crippen LogP contribution is -2.33. The van der Waals surface area contributed by atoms with Gasteiger partial charge in [-0.15, -0.1) is 0 Å². The fourth-order valence-electron chi connectivity index (χ4n) is 2.10. The Morgan fingerprint density at radius 1 is 1.48 bits per heavy atom. The molecule has 2 heterocycles. The highest BCUT2D eigenvalue weighted by molar-refractivity contribution is 7.99. The summed E-state index contributed by atoms with van der Waals surface area (Å²) in [5.41, 5.74) is 1.93. The summed E-state index contributed by atoms with van der Waals surface area (Å²) in [5, 5.41) is 8.25. The molecule has 21 heavy (non-hydrogen) atoms. The highest BCUT2D eigenvalue weighted by Gasteiger charge is 2.17. The number of nitrogens with zero attached hydrogens (tertiary/aromatic N) is 4. The van der Waals surface area contributed by atoms with Gasteiger partial charge >= 0.3 is 0 Å². The first kappa shape index (κ1) is 15.6. The van der Waals surface area contributed by atoms with Crippen LogP contribution in [0.4, 0.5) is 0 Å². The molecule has 0 unspecified atom stereocenters. The van der Waals surface area contributed by atoms with Crippen molar-refractivity contribution in [1.29, 1.82) is 0 Å². The lowest BCUT2D eigenvalue weighted by atomic mass is 10.3. The number of imidazole rings is 1. The number of carbonyl (C=O) groups is 1. The van der Waals surface area contributed by atoms with Crippen molar-refractivity contribution >= 4 is 17.7 Å². The van der Waals surface area contributed by atoms with E-state index in [4.69, 9.17) is 0 Å². The van der Waals surface area contributed by atoms with E-state index in [2.05, 4.69) is 15.4 Å². The second-order valence-corrected chi connectivity index (χ2v) is 6.07. The van der Waals surface area contributed by atoms with E-state index in [1.165, 1.54) is 0 Å². The van der Waals surface area contributed by atoms with Crippen molar-refractivity contribution in [2.75, 3.05) is 12.3 Å². The monoisotopic (exact) mass is 307 g/mol. The van der Waals surface area contributed by atoms with Gasteiger partial charge in [0.05, 0.1) is 5.69 Å². The largest absolute Gasteiger partial charge is 0.353 e. The second kappa shape index (κ2) is 6.80. The van der Waals surface area contributed by atoms with E-state index in [-0.39, 0.29) is 11.9 Å². The van der Waals surface area contributed by atoms with Gasteiger partial charge in [-0.3, -0.25) is 9.48 Å². The molecule has 114 valence electrons. The maximum atomic E-state index is 12.1. The second-order valence-electron chi connectivity index (χ2n) is 5.01. The molecule has 0 radical (unpaired) electrons. The number of hydrogen-bond donors (Lipinski definition) is 1. The summed E-state index contributed by atoms with van der Waals surface area (Å²) in [4.78, 5) is 16.4. The number of rotatable bonds is 6. The lowest BCUT2D eigenvalue weighted by Gasteiger charge is -2.14. The van der Waals surface area contributed by atoms with Gasteiger partial charge in [-0.1, -0.05) is 11.8 Å². The summed E-state index contributed by atoms with van der Waals surface area (Å²) in [6, 6.07) is 1.68. The van der Waals surface area contributed by atoms with Crippen LogP contribution in [0.2, 0.25) is 0 Å². The van der Waals surface area contributed by atoms with Gasteiger partial charge in [0.2, 0.25) is 5.91 Å². The summed E-state index contributed by atoms with van der Waals surface area (Å²) >= 11 is 1.63. The number of hydrogen-bond acceptors (Lipinski definition) is 4. The van der Waals surface area contributed by atoms with Crippen LogP contribution in [0, 0.1) is 13.8 Å². The maximum absolute atomic E-state index is 12.1. The Kier molecular flexibility index (Phi) is 5.06. The normalized spacial score (nSPS) is 12.4. The number of thioether (sulfide) groups is 1. The van der Waals surface area contributed by atoms with Crippen molar-refractivity contribution in [3.8, 4) is 0 Å². The number of amides is 1. The molecule has 6 nitrogen and oxygen atoms in total. The van der Waals surface area contributed by atoms with Crippen LogP contribution in [-0.2, 0) is 11.8 Å². The van der Waals surface area contributed by atoms with Gasteiger partial charge in [-0.2, -0.15) is 5.10 Å². The summed E-state index contributed by atoms with van der Waals surface area (Å²) in [7, 11) is 1.96. The standard InChI is InChI=1S/C14H21N5OS/c1-10-9-11(2)19(17-10)12(3)13(20)15-6-8-21-14-16-5-7-18(14)4/h5,7,9,12H,6,8H2,1-4H3,(H,15,20)/t12-/m0/s1. The van der Waals surface area contributed by atoms with Crippen LogP contribution < -0.4 is 5.32 Å². The Bertz CT molecular complexity index is 619. The fraction of sp³-hybridized carbons (Fsp3) is 0.500. The van der Waals surface area contributed by atoms with Gasteiger partial charge in [0.25, 0.3) is 0 Å². The molecule has 2 aromatic heterocycles. The molecular formula is C14H21N5OS. The van der Waals surface area contributed by atoms with Crippen molar-refractivity contribution in [2.24, 2.45) is 7.05 Å². The Morgan fingerprint density at radius 2 is 2.24 bits per heavy atom. The van der Waals surface area contributed by atoms with Crippen molar-refractivity contribution in [3.63, 3.8) is 0 Å². The molecule has 0 fully saturated rings. The minimum Gasteiger partial charge on any atom is -0.353 e. The molecule has 0 saturated carbocycles. The fourth-order valence-corrected chi connectivity index (χ4v) is 2.89. The molecule has 1 atom stereocenters. The summed E-state index contributed by atoms with van der Waals surface area (Å²) in [5.74, 6) is 0.780. The lowest BCUT2D eigenvalue weighted by molar-refractivity contribution is -0.124. The number of nitrogens with one attached hydrogen (secondary N) is 1. The van der Waals surface area contributed by atoms with Crippen LogP contribution in [0.1, 0.15) is 24.4 Å². The van der Waals surface area contributed by atoms with Crippen LogP contribution in [0.5, 0.6) is 0 Å². The van der Waals surface area contributed by atoms with Gasteiger partial charge in [0.15, 0.2) is 5.16 Å². The van der Waals surface area contributed by atoms with E-state index < -0.39 is 0 Å². The molecule has 2 rings (SSSR count). The van der Waals surface area contributed by atoms with E-state index in [1.54, 1.807) is 22.6 Å². The van der Waals surface area contributed by atoms with E-state index in [9.17, 15) is 4.79 Å². The third-order valence-electron chi connectivity index (χ3n) is 3.20. The Labute approximate surface area is 128 Å². The molecule has 0 aliphatic carbocycles. The van der Waals surface area contributed by atoms with E-state index in [0.29, 0.717) is 6.54 Å². The molecule has 0 aromatic carbocycles. The number of carbonyl (C=O) groups excluding carboxylic acids is 1. The molecule has 0 aliphatic rings. The quantitative estimate of drug-likeness (QED) is 0.652. The number of aromatic nitrogens is 4. The maximum Gasteiger partial charge on any atom is 0.244 e. The predicted molar refractivity (Wildman–Crippen MR) is 83.4 cm³/mol. The summed E-state index contributed by atoms with van der Waals surface area (Å²) in [6.45, 7) is 6.36. The van der Waals surface area contributed by atoms with Crippen molar-refractivity contribution in [3.05, 3.63) is 29.8 Å². The van der Waals surface area contributed by atoms with Crippen molar-refractivity contribution < 1.29 is 4.79 Å². The Morgan fingerprint density at radius 3 is 2.81 bits per heavy atom. The average molecular weight is 307 g/mol. The smallest absolute Gasteiger partial charge is 0.244 e. The third kappa shape index (κ3) is 3.87. The summed E-state index contributed by atoms with van der Waals surface area (Å²) < 4.78 is 3.72. The molecular weight excluding hydrogens is 286 g/mol. The minimum atomic E-state index is -0.295.